The van der Waals surface area contributed by atoms with Crippen LogP contribution in [0, 0.1) is 5.92 Å². The first-order valence-corrected chi connectivity index (χ1v) is 8.12. The van der Waals surface area contributed by atoms with Gasteiger partial charge >= 0.3 is 0 Å². The highest BCUT2D eigenvalue weighted by molar-refractivity contribution is 6.31. The van der Waals surface area contributed by atoms with E-state index in [9.17, 15) is 0 Å². The molecule has 0 aliphatic heterocycles. The zero-order valence-corrected chi connectivity index (χ0v) is 14.3. The van der Waals surface area contributed by atoms with Crippen LogP contribution in [-0.4, -0.2) is 19.1 Å². The van der Waals surface area contributed by atoms with E-state index >= 15 is 0 Å². The number of nitrogens with zero attached hydrogens (tertiary/aromatic N) is 1. The van der Waals surface area contributed by atoms with Crippen LogP contribution in [0.4, 0.5) is 5.69 Å². The van der Waals surface area contributed by atoms with Crippen molar-refractivity contribution in [3.8, 4) is 0 Å². The third kappa shape index (κ3) is 5.34. The number of benzene rings is 1. The SMILES string of the molecule is CCC(C)CN(CC)c1ccc(CNC(C)C)c(Cl)c1. The fourth-order valence-electron chi connectivity index (χ4n) is 2.11. The molecule has 0 bridgehead atoms. The lowest BCUT2D eigenvalue weighted by atomic mass is 10.1. The van der Waals surface area contributed by atoms with Crippen LogP contribution >= 0.6 is 11.6 Å². The van der Waals surface area contributed by atoms with Crippen molar-refractivity contribution in [3.63, 3.8) is 0 Å². The number of halogens is 1. The molecule has 0 saturated heterocycles. The van der Waals surface area contributed by atoms with Gasteiger partial charge in [-0.05, 0) is 30.5 Å². The number of hydrogen-bond donors (Lipinski definition) is 1. The molecule has 2 nitrogen and oxygen atoms in total. The van der Waals surface area contributed by atoms with E-state index in [1.54, 1.807) is 0 Å². The van der Waals surface area contributed by atoms with Crippen molar-refractivity contribution in [1.29, 1.82) is 0 Å². The summed E-state index contributed by atoms with van der Waals surface area (Å²) >= 11 is 6.42. The molecule has 1 aromatic rings. The Kier molecular flexibility index (Phi) is 7.39. The van der Waals surface area contributed by atoms with E-state index in [1.807, 2.05) is 0 Å². The second kappa shape index (κ2) is 8.53. The number of anilines is 1. The first kappa shape index (κ1) is 17.3. The molecule has 0 saturated carbocycles. The van der Waals surface area contributed by atoms with Crippen molar-refractivity contribution >= 4 is 17.3 Å². The zero-order chi connectivity index (χ0) is 15.1. The average Bonchev–Trinajstić information content (AvgIpc) is 2.42. The molecule has 0 aliphatic rings. The highest BCUT2D eigenvalue weighted by Crippen LogP contribution is 2.24. The van der Waals surface area contributed by atoms with Crippen molar-refractivity contribution in [2.75, 3.05) is 18.0 Å². The lowest BCUT2D eigenvalue weighted by Crippen LogP contribution is -2.28. The molecule has 0 heterocycles. The van der Waals surface area contributed by atoms with Gasteiger partial charge in [0.25, 0.3) is 0 Å². The maximum Gasteiger partial charge on any atom is 0.0471 e. The molecule has 0 aliphatic carbocycles. The Hall–Kier alpha value is -0.730. The fourth-order valence-corrected chi connectivity index (χ4v) is 2.35. The van der Waals surface area contributed by atoms with Crippen molar-refractivity contribution < 1.29 is 0 Å². The van der Waals surface area contributed by atoms with Gasteiger partial charge < -0.3 is 10.2 Å². The summed E-state index contributed by atoms with van der Waals surface area (Å²) in [6.07, 6.45) is 1.21. The number of rotatable bonds is 8. The molecule has 1 unspecified atom stereocenters. The van der Waals surface area contributed by atoms with Gasteiger partial charge in [-0.25, -0.2) is 0 Å². The third-order valence-corrected chi connectivity index (χ3v) is 4.07. The van der Waals surface area contributed by atoms with Gasteiger partial charge in [-0.2, -0.15) is 0 Å². The Balaban J connectivity index is 2.78. The van der Waals surface area contributed by atoms with Gasteiger partial charge in [0.15, 0.2) is 0 Å². The number of nitrogens with one attached hydrogen (secondary N) is 1. The molecule has 3 heteroatoms. The van der Waals surface area contributed by atoms with E-state index in [-0.39, 0.29) is 0 Å². The largest absolute Gasteiger partial charge is 0.372 e. The summed E-state index contributed by atoms with van der Waals surface area (Å²) in [5.41, 5.74) is 2.40. The molecular formula is C17H29ClN2. The summed E-state index contributed by atoms with van der Waals surface area (Å²) in [5.74, 6) is 0.705. The van der Waals surface area contributed by atoms with Crippen LogP contribution in [0.2, 0.25) is 5.02 Å². The van der Waals surface area contributed by atoms with E-state index in [2.05, 4.69) is 63.0 Å². The molecule has 0 radical (unpaired) electrons. The van der Waals surface area contributed by atoms with Crippen LogP contribution in [-0.2, 0) is 6.54 Å². The van der Waals surface area contributed by atoms with E-state index in [0.29, 0.717) is 12.0 Å². The summed E-state index contributed by atoms with van der Waals surface area (Å²) in [6, 6.07) is 6.91. The summed E-state index contributed by atoms with van der Waals surface area (Å²) in [5, 5.41) is 4.27. The smallest absolute Gasteiger partial charge is 0.0471 e. The first-order chi connectivity index (χ1) is 9.47. The standard InChI is InChI=1S/C17H29ClN2/c1-6-14(5)12-20(7-2)16-9-8-15(17(18)10-16)11-19-13(3)4/h8-10,13-14,19H,6-7,11-12H2,1-5H3. The second-order valence-electron chi connectivity index (χ2n) is 5.86. The van der Waals surface area contributed by atoms with Gasteiger partial charge in [0.2, 0.25) is 0 Å². The van der Waals surface area contributed by atoms with E-state index in [0.717, 1.165) is 24.7 Å². The lowest BCUT2D eigenvalue weighted by molar-refractivity contribution is 0.548. The Morgan fingerprint density at radius 3 is 2.40 bits per heavy atom. The summed E-state index contributed by atoms with van der Waals surface area (Å²) < 4.78 is 0. The number of hydrogen-bond acceptors (Lipinski definition) is 2. The Bertz CT molecular complexity index is 404. The second-order valence-corrected chi connectivity index (χ2v) is 6.27. The minimum atomic E-state index is 0.475. The molecule has 114 valence electrons. The molecule has 0 spiro atoms. The quantitative estimate of drug-likeness (QED) is 0.747. The van der Waals surface area contributed by atoms with Crippen molar-refractivity contribution in [2.24, 2.45) is 5.92 Å². The van der Waals surface area contributed by atoms with E-state index in [4.69, 9.17) is 11.6 Å². The molecule has 0 aromatic heterocycles. The summed E-state index contributed by atoms with van der Waals surface area (Å²) in [4.78, 5) is 2.40. The topological polar surface area (TPSA) is 15.3 Å². The van der Waals surface area contributed by atoms with E-state index in [1.165, 1.54) is 17.7 Å². The highest BCUT2D eigenvalue weighted by Gasteiger charge is 2.10. The van der Waals surface area contributed by atoms with Gasteiger partial charge in [0, 0.05) is 36.4 Å². The minimum Gasteiger partial charge on any atom is -0.372 e. The first-order valence-electron chi connectivity index (χ1n) is 7.74. The van der Waals surface area contributed by atoms with Crippen molar-refractivity contribution in [1.82, 2.24) is 5.32 Å². The van der Waals surface area contributed by atoms with Crippen LogP contribution in [0.3, 0.4) is 0 Å². The fraction of sp³-hybridized carbons (Fsp3) is 0.647. The van der Waals surface area contributed by atoms with Gasteiger partial charge in [0.05, 0.1) is 0 Å². The van der Waals surface area contributed by atoms with Crippen LogP contribution < -0.4 is 10.2 Å². The molecule has 0 fully saturated rings. The molecule has 1 rings (SSSR count). The maximum atomic E-state index is 6.42. The average molecular weight is 297 g/mol. The normalized spacial score (nSPS) is 12.8. The maximum absolute atomic E-state index is 6.42. The third-order valence-electron chi connectivity index (χ3n) is 3.71. The molecule has 1 atom stereocenters. The molecule has 1 aromatic carbocycles. The molecule has 0 amide bonds. The summed E-state index contributed by atoms with van der Waals surface area (Å²) in [7, 11) is 0. The van der Waals surface area contributed by atoms with Crippen LogP contribution in [0.25, 0.3) is 0 Å². The Labute approximate surface area is 129 Å². The minimum absolute atomic E-state index is 0.475. The molecule has 1 N–H and O–H groups in total. The highest BCUT2D eigenvalue weighted by atomic mass is 35.5. The van der Waals surface area contributed by atoms with Crippen molar-refractivity contribution in [2.45, 2.75) is 53.6 Å². The predicted molar refractivity (Wildman–Crippen MR) is 90.8 cm³/mol. The monoisotopic (exact) mass is 296 g/mol. The van der Waals surface area contributed by atoms with Gasteiger partial charge in [-0.3, -0.25) is 0 Å². The van der Waals surface area contributed by atoms with Crippen molar-refractivity contribution in [3.05, 3.63) is 28.8 Å². The van der Waals surface area contributed by atoms with Gasteiger partial charge in [-0.15, -0.1) is 0 Å². The summed E-state index contributed by atoms with van der Waals surface area (Å²) in [6.45, 7) is 14.0. The Morgan fingerprint density at radius 1 is 1.20 bits per heavy atom. The van der Waals surface area contributed by atoms with Gasteiger partial charge in [-0.1, -0.05) is 51.8 Å². The molecular weight excluding hydrogens is 268 g/mol. The Morgan fingerprint density at radius 2 is 1.90 bits per heavy atom. The van der Waals surface area contributed by atoms with Crippen LogP contribution in [0.5, 0.6) is 0 Å². The van der Waals surface area contributed by atoms with E-state index < -0.39 is 0 Å². The zero-order valence-electron chi connectivity index (χ0n) is 13.5. The van der Waals surface area contributed by atoms with Crippen LogP contribution in [0.1, 0.15) is 46.6 Å². The van der Waals surface area contributed by atoms with Gasteiger partial charge in [0.1, 0.15) is 0 Å². The molecule has 20 heavy (non-hydrogen) atoms. The lowest BCUT2D eigenvalue weighted by Gasteiger charge is -2.26. The van der Waals surface area contributed by atoms with Crippen LogP contribution in [0.15, 0.2) is 18.2 Å². The predicted octanol–water partition coefficient (Wildman–Crippen LogP) is 4.71.